The first kappa shape index (κ1) is 31.0. The molecule has 10 heteroatoms. The van der Waals surface area contributed by atoms with Gasteiger partial charge in [-0.25, -0.2) is 8.42 Å². The molecule has 0 saturated carbocycles. The molecule has 0 bridgehead atoms. The molecule has 0 heterocycles. The molecule has 40 heavy (non-hydrogen) atoms. The molecule has 0 aliphatic heterocycles. The van der Waals surface area contributed by atoms with Crippen LogP contribution in [0.3, 0.4) is 0 Å². The van der Waals surface area contributed by atoms with Crippen molar-refractivity contribution >= 4 is 39.1 Å². The zero-order valence-corrected chi connectivity index (χ0v) is 25.1. The second-order valence-electron chi connectivity index (χ2n) is 9.62. The van der Waals surface area contributed by atoms with E-state index in [-0.39, 0.29) is 33.8 Å². The number of carbonyl (C=O) groups excluding carboxylic acids is 2. The lowest BCUT2D eigenvalue weighted by Gasteiger charge is -2.32. The molecular formula is C30H36ClN3O5S. The summed E-state index contributed by atoms with van der Waals surface area (Å²) in [5.74, 6) is -0.652. The summed E-state index contributed by atoms with van der Waals surface area (Å²) in [5, 5.41) is 3.11. The third kappa shape index (κ3) is 7.55. The summed E-state index contributed by atoms with van der Waals surface area (Å²) in [5.41, 5.74) is 2.82. The van der Waals surface area contributed by atoms with Crippen LogP contribution in [0.1, 0.15) is 37.0 Å². The van der Waals surface area contributed by atoms with Crippen LogP contribution in [0, 0.1) is 13.8 Å². The van der Waals surface area contributed by atoms with Crippen LogP contribution in [0.5, 0.6) is 5.75 Å². The Hall–Kier alpha value is -3.56. The Kier molecular flexibility index (Phi) is 10.6. The van der Waals surface area contributed by atoms with E-state index in [1.807, 2.05) is 45.0 Å². The van der Waals surface area contributed by atoms with Gasteiger partial charge in [0, 0.05) is 18.1 Å². The average Bonchev–Trinajstić information content (AvgIpc) is 2.93. The number of nitrogens with one attached hydrogen (secondary N) is 1. The van der Waals surface area contributed by atoms with Crippen molar-refractivity contribution in [1.29, 1.82) is 0 Å². The number of ether oxygens (including phenoxy) is 1. The Morgan fingerprint density at radius 2 is 1.70 bits per heavy atom. The van der Waals surface area contributed by atoms with Crippen LogP contribution in [0.2, 0.25) is 5.02 Å². The minimum absolute atomic E-state index is 0.00639. The van der Waals surface area contributed by atoms with Crippen LogP contribution in [-0.2, 0) is 26.2 Å². The third-order valence-electron chi connectivity index (χ3n) is 6.45. The van der Waals surface area contributed by atoms with Gasteiger partial charge in [-0.2, -0.15) is 0 Å². The summed E-state index contributed by atoms with van der Waals surface area (Å²) >= 11 is 6.27. The number of hydrogen-bond donors (Lipinski definition) is 1. The van der Waals surface area contributed by atoms with Crippen molar-refractivity contribution in [1.82, 2.24) is 10.2 Å². The molecule has 0 saturated heterocycles. The van der Waals surface area contributed by atoms with Gasteiger partial charge in [0.25, 0.3) is 10.0 Å². The van der Waals surface area contributed by atoms with Crippen LogP contribution in [0.25, 0.3) is 0 Å². The molecule has 3 aromatic carbocycles. The molecule has 214 valence electrons. The Morgan fingerprint density at radius 1 is 1.00 bits per heavy atom. The normalized spacial score (nSPS) is 11.9. The highest BCUT2D eigenvalue weighted by Crippen LogP contribution is 2.35. The van der Waals surface area contributed by atoms with Crippen molar-refractivity contribution in [2.45, 2.75) is 51.6 Å². The van der Waals surface area contributed by atoms with Crippen LogP contribution < -0.4 is 14.4 Å². The predicted octanol–water partition coefficient (Wildman–Crippen LogP) is 5.10. The fourth-order valence-corrected chi connectivity index (χ4v) is 5.78. The zero-order chi connectivity index (χ0) is 29.4. The molecule has 0 aliphatic carbocycles. The highest BCUT2D eigenvalue weighted by molar-refractivity contribution is 7.92. The number of sulfonamides is 1. The molecule has 3 rings (SSSR count). The van der Waals surface area contributed by atoms with Gasteiger partial charge in [0.1, 0.15) is 18.3 Å². The molecular weight excluding hydrogens is 550 g/mol. The number of benzene rings is 3. The maximum absolute atomic E-state index is 14.0. The van der Waals surface area contributed by atoms with Crippen molar-refractivity contribution in [2.24, 2.45) is 0 Å². The molecule has 0 aliphatic rings. The quantitative estimate of drug-likeness (QED) is 0.319. The minimum Gasteiger partial charge on any atom is -0.495 e. The number of nitrogens with zero attached hydrogens (tertiary/aromatic N) is 2. The van der Waals surface area contributed by atoms with Crippen LogP contribution in [-0.4, -0.2) is 51.4 Å². The molecule has 0 spiro atoms. The number of anilines is 1. The van der Waals surface area contributed by atoms with Crippen molar-refractivity contribution in [2.75, 3.05) is 24.5 Å². The predicted molar refractivity (Wildman–Crippen MR) is 158 cm³/mol. The van der Waals surface area contributed by atoms with Gasteiger partial charge < -0.3 is 15.0 Å². The number of hydrogen-bond acceptors (Lipinski definition) is 5. The Bertz CT molecular complexity index is 1440. The molecule has 0 unspecified atom stereocenters. The first-order valence-corrected chi connectivity index (χ1v) is 14.9. The maximum Gasteiger partial charge on any atom is 0.264 e. The molecule has 2 amide bonds. The lowest BCUT2D eigenvalue weighted by molar-refractivity contribution is -0.139. The van der Waals surface area contributed by atoms with E-state index in [0.29, 0.717) is 6.54 Å². The number of aryl methyl sites for hydroxylation is 2. The van der Waals surface area contributed by atoms with Crippen molar-refractivity contribution in [3.8, 4) is 5.75 Å². The smallest absolute Gasteiger partial charge is 0.264 e. The molecule has 0 radical (unpaired) electrons. The van der Waals surface area contributed by atoms with Crippen molar-refractivity contribution < 1.29 is 22.7 Å². The van der Waals surface area contributed by atoms with Gasteiger partial charge in [0.2, 0.25) is 11.8 Å². The monoisotopic (exact) mass is 585 g/mol. The number of halogens is 1. The third-order valence-corrected chi connectivity index (χ3v) is 8.46. The second kappa shape index (κ2) is 13.7. The number of carbonyl (C=O) groups is 2. The van der Waals surface area contributed by atoms with E-state index in [1.54, 1.807) is 31.2 Å². The van der Waals surface area contributed by atoms with Crippen molar-refractivity contribution in [3.63, 3.8) is 0 Å². The van der Waals surface area contributed by atoms with Gasteiger partial charge >= 0.3 is 0 Å². The van der Waals surface area contributed by atoms with Crippen LogP contribution >= 0.6 is 11.6 Å². The molecule has 0 aromatic heterocycles. The van der Waals surface area contributed by atoms with Gasteiger partial charge in [-0.3, -0.25) is 13.9 Å². The molecule has 1 atom stereocenters. The highest BCUT2D eigenvalue weighted by Gasteiger charge is 2.34. The Balaban J connectivity index is 2.09. The summed E-state index contributed by atoms with van der Waals surface area (Å²) in [7, 11) is -2.83. The maximum atomic E-state index is 14.0. The lowest BCUT2D eigenvalue weighted by Crippen LogP contribution is -2.51. The first-order chi connectivity index (χ1) is 19.0. The fourth-order valence-electron chi connectivity index (χ4n) is 4.19. The molecule has 1 N–H and O–H groups in total. The molecule has 8 nitrogen and oxygen atoms in total. The van der Waals surface area contributed by atoms with E-state index < -0.39 is 28.5 Å². The fraction of sp³-hybridized carbons (Fsp3) is 0.333. The number of methoxy groups -OCH3 is 1. The van der Waals surface area contributed by atoms with E-state index in [9.17, 15) is 18.0 Å². The summed E-state index contributed by atoms with van der Waals surface area (Å²) < 4.78 is 34.5. The van der Waals surface area contributed by atoms with Gasteiger partial charge in [-0.1, -0.05) is 66.0 Å². The average molecular weight is 586 g/mol. The van der Waals surface area contributed by atoms with Gasteiger partial charge in [-0.15, -0.1) is 0 Å². The first-order valence-electron chi connectivity index (χ1n) is 13.0. The SMILES string of the molecule is CCCNC(=O)[C@H](C)N(Cc1cccc(C)c1)C(=O)CN(c1cc(Cl)ccc1OC)S(=O)(=O)c1ccc(C)cc1. The minimum atomic E-state index is -4.24. The van der Waals surface area contributed by atoms with E-state index in [1.165, 1.54) is 30.2 Å². The zero-order valence-electron chi connectivity index (χ0n) is 23.5. The lowest BCUT2D eigenvalue weighted by atomic mass is 10.1. The van der Waals surface area contributed by atoms with Crippen LogP contribution in [0.15, 0.2) is 71.6 Å². The van der Waals surface area contributed by atoms with E-state index in [0.717, 1.165) is 27.4 Å². The molecule has 0 fully saturated rings. The van der Waals surface area contributed by atoms with Gasteiger partial charge in [-0.05, 0) is 63.1 Å². The van der Waals surface area contributed by atoms with Gasteiger partial charge in [0.05, 0.1) is 17.7 Å². The van der Waals surface area contributed by atoms with Crippen LogP contribution in [0.4, 0.5) is 5.69 Å². The number of amides is 2. The summed E-state index contributed by atoms with van der Waals surface area (Å²) in [6.45, 7) is 7.37. The molecule has 3 aromatic rings. The van der Waals surface area contributed by atoms with Crippen molar-refractivity contribution in [3.05, 3.63) is 88.4 Å². The largest absolute Gasteiger partial charge is 0.495 e. The van der Waals surface area contributed by atoms with E-state index in [2.05, 4.69) is 5.32 Å². The summed E-state index contributed by atoms with van der Waals surface area (Å²) in [6.07, 6.45) is 0.738. The summed E-state index contributed by atoms with van der Waals surface area (Å²) in [4.78, 5) is 28.4. The van der Waals surface area contributed by atoms with E-state index in [4.69, 9.17) is 16.3 Å². The van der Waals surface area contributed by atoms with Gasteiger partial charge in [0.15, 0.2) is 0 Å². The Morgan fingerprint density at radius 3 is 2.33 bits per heavy atom. The standard InChI is InChI=1S/C30H36ClN3O5S/c1-6-16-32-30(36)23(4)33(19-24-9-7-8-22(3)17-24)29(35)20-34(27-18-25(31)12-15-28(27)39-5)40(37,38)26-13-10-21(2)11-14-26/h7-15,17-18,23H,6,16,19-20H2,1-5H3,(H,32,36)/t23-/m0/s1. The summed E-state index contributed by atoms with van der Waals surface area (Å²) in [6, 6.07) is 17.7. The topological polar surface area (TPSA) is 96.0 Å². The highest BCUT2D eigenvalue weighted by atomic mass is 35.5. The van der Waals surface area contributed by atoms with E-state index >= 15 is 0 Å². The number of rotatable bonds is 12. The second-order valence-corrected chi connectivity index (χ2v) is 11.9. The Labute approximate surface area is 241 Å².